The Hall–Kier alpha value is -2.96. The molecule has 0 saturated heterocycles. The van der Waals surface area contributed by atoms with Gasteiger partial charge in [-0.1, -0.05) is 74.5 Å². The summed E-state index contributed by atoms with van der Waals surface area (Å²) in [6.07, 6.45) is 0. The van der Waals surface area contributed by atoms with Crippen LogP contribution in [0.3, 0.4) is 0 Å². The zero-order chi connectivity index (χ0) is 24.3. The van der Waals surface area contributed by atoms with E-state index in [2.05, 4.69) is 19.1 Å². The fourth-order valence-corrected chi connectivity index (χ4v) is 4.58. The van der Waals surface area contributed by atoms with Crippen LogP contribution in [0.2, 0.25) is 0 Å². The molecule has 1 heterocycles. The maximum absolute atomic E-state index is 13.4. The highest BCUT2D eigenvalue weighted by Gasteiger charge is 2.23. The zero-order valence-electron chi connectivity index (χ0n) is 20.3. The Kier molecular flexibility index (Phi) is 9.86. The minimum atomic E-state index is -0.162. The van der Waals surface area contributed by atoms with Gasteiger partial charge >= 0.3 is 0 Å². The molecule has 2 aromatic carbocycles. The molecule has 0 radical (unpaired) electrons. The monoisotopic (exact) mass is 478 g/mol. The Morgan fingerprint density at radius 2 is 1.47 bits per heavy atom. The Bertz CT molecular complexity index is 1030. The number of thiophene rings is 1. The van der Waals surface area contributed by atoms with Crippen LogP contribution in [0.25, 0.3) is 0 Å². The lowest BCUT2D eigenvalue weighted by molar-refractivity contribution is -0.144. The van der Waals surface area contributed by atoms with Crippen LogP contribution in [0, 0.1) is 12.8 Å². The average Bonchev–Trinajstić information content (AvgIpc) is 3.23. The Morgan fingerprint density at radius 3 is 2.06 bits per heavy atom. The molecule has 180 valence electrons. The number of hydrogen-bond acceptors (Lipinski definition) is 4. The molecule has 34 heavy (non-hydrogen) atoms. The van der Waals surface area contributed by atoms with Gasteiger partial charge in [0.2, 0.25) is 11.8 Å². The maximum Gasteiger partial charge on any atom is 0.249 e. The predicted octanol–water partition coefficient (Wildman–Crippen LogP) is 5.29. The van der Waals surface area contributed by atoms with Gasteiger partial charge in [0, 0.05) is 22.8 Å². The van der Waals surface area contributed by atoms with Crippen LogP contribution in [0.1, 0.15) is 34.7 Å². The summed E-state index contributed by atoms with van der Waals surface area (Å²) in [5.41, 5.74) is 2.08. The second kappa shape index (κ2) is 13.1. The third-order valence-electron chi connectivity index (χ3n) is 5.31. The van der Waals surface area contributed by atoms with Crippen molar-refractivity contribution in [3.8, 4) is 0 Å². The third kappa shape index (κ3) is 8.43. The first-order chi connectivity index (χ1) is 16.4. The molecular weight excluding hydrogens is 444 g/mol. The standard InChI is InChI=1S/C28H34N2O3S/c1-22(2)16-29(28(32)21-33-20-25-12-8-5-9-13-25)19-27(31)30(17-24-10-6-4-7-11-24)18-26-15-14-23(3)34-26/h4-15,22H,16-21H2,1-3H3. The van der Waals surface area contributed by atoms with Crippen LogP contribution in [0.5, 0.6) is 0 Å². The molecule has 0 spiro atoms. The van der Waals surface area contributed by atoms with Gasteiger partial charge < -0.3 is 14.5 Å². The van der Waals surface area contributed by atoms with Crippen LogP contribution >= 0.6 is 11.3 Å². The molecule has 2 amide bonds. The fourth-order valence-electron chi connectivity index (χ4n) is 3.67. The van der Waals surface area contributed by atoms with Crippen molar-refractivity contribution < 1.29 is 14.3 Å². The van der Waals surface area contributed by atoms with E-state index in [0.29, 0.717) is 26.2 Å². The van der Waals surface area contributed by atoms with Gasteiger partial charge in [0.25, 0.3) is 0 Å². The van der Waals surface area contributed by atoms with Crippen LogP contribution < -0.4 is 0 Å². The van der Waals surface area contributed by atoms with E-state index in [1.807, 2.05) is 79.4 Å². The van der Waals surface area contributed by atoms with Crippen molar-refractivity contribution in [2.45, 2.75) is 40.5 Å². The lowest BCUT2D eigenvalue weighted by Crippen LogP contribution is -2.45. The quantitative estimate of drug-likeness (QED) is 0.356. The van der Waals surface area contributed by atoms with Gasteiger partial charge in [0.05, 0.1) is 19.7 Å². The number of benzene rings is 2. The topological polar surface area (TPSA) is 49.9 Å². The van der Waals surface area contributed by atoms with Gasteiger partial charge in [0.15, 0.2) is 0 Å². The minimum absolute atomic E-state index is 0.0439. The van der Waals surface area contributed by atoms with E-state index in [-0.39, 0.29) is 30.9 Å². The molecule has 0 unspecified atom stereocenters. The first kappa shape index (κ1) is 25.7. The summed E-state index contributed by atoms with van der Waals surface area (Å²) in [6, 6.07) is 23.9. The second-order valence-corrected chi connectivity index (χ2v) is 10.3. The number of rotatable bonds is 12. The average molecular weight is 479 g/mol. The van der Waals surface area contributed by atoms with E-state index in [0.717, 1.165) is 16.0 Å². The molecule has 0 saturated carbocycles. The third-order valence-corrected chi connectivity index (χ3v) is 6.30. The first-order valence-electron chi connectivity index (χ1n) is 11.7. The Morgan fingerprint density at radius 1 is 0.824 bits per heavy atom. The van der Waals surface area contributed by atoms with Gasteiger partial charge in [0.1, 0.15) is 6.61 Å². The smallest absolute Gasteiger partial charge is 0.249 e. The Labute approximate surface area is 207 Å². The molecule has 0 atom stereocenters. The highest BCUT2D eigenvalue weighted by atomic mass is 32.1. The predicted molar refractivity (Wildman–Crippen MR) is 137 cm³/mol. The lowest BCUT2D eigenvalue weighted by atomic mass is 10.2. The molecular formula is C28H34N2O3S. The van der Waals surface area contributed by atoms with E-state index in [1.54, 1.807) is 16.2 Å². The number of aryl methyl sites for hydroxylation is 1. The number of nitrogens with zero attached hydrogens (tertiary/aromatic N) is 2. The van der Waals surface area contributed by atoms with E-state index in [1.165, 1.54) is 4.88 Å². The van der Waals surface area contributed by atoms with Crippen LogP contribution in [-0.2, 0) is 34.0 Å². The highest BCUT2D eigenvalue weighted by Crippen LogP contribution is 2.19. The molecule has 0 aliphatic heterocycles. The van der Waals surface area contributed by atoms with Crippen molar-refractivity contribution in [1.29, 1.82) is 0 Å². The largest absolute Gasteiger partial charge is 0.367 e. The fraction of sp³-hybridized carbons (Fsp3) is 0.357. The van der Waals surface area contributed by atoms with Crippen molar-refractivity contribution in [3.05, 3.63) is 93.7 Å². The number of hydrogen-bond donors (Lipinski definition) is 0. The van der Waals surface area contributed by atoms with Gasteiger partial charge in [-0.25, -0.2) is 0 Å². The molecule has 0 aliphatic carbocycles. The van der Waals surface area contributed by atoms with Crippen LogP contribution in [-0.4, -0.2) is 41.3 Å². The molecule has 3 aromatic rings. The van der Waals surface area contributed by atoms with Crippen molar-refractivity contribution >= 4 is 23.2 Å². The van der Waals surface area contributed by atoms with Crippen molar-refractivity contribution in [2.75, 3.05) is 19.7 Å². The van der Waals surface area contributed by atoms with E-state index in [9.17, 15) is 9.59 Å². The van der Waals surface area contributed by atoms with Gasteiger partial charge in [-0.05, 0) is 36.1 Å². The molecule has 0 bridgehead atoms. The number of ether oxygens (including phenoxy) is 1. The minimum Gasteiger partial charge on any atom is -0.367 e. The summed E-state index contributed by atoms with van der Waals surface area (Å²) in [6.45, 7) is 8.07. The van der Waals surface area contributed by atoms with Crippen LogP contribution in [0.15, 0.2) is 72.8 Å². The van der Waals surface area contributed by atoms with E-state index < -0.39 is 0 Å². The van der Waals surface area contributed by atoms with Gasteiger partial charge in [-0.2, -0.15) is 0 Å². The lowest BCUT2D eigenvalue weighted by Gasteiger charge is -2.28. The van der Waals surface area contributed by atoms with E-state index >= 15 is 0 Å². The van der Waals surface area contributed by atoms with Crippen molar-refractivity contribution in [1.82, 2.24) is 9.80 Å². The summed E-state index contributed by atoms with van der Waals surface area (Å²) in [7, 11) is 0. The molecule has 0 fully saturated rings. The molecule has 0 N–H and O–H groups in total. The normalized spacial score (nSPS) is 10.9. The Balaban J connectivity index is 1.66. The summed E-state index contributed by atoms with van der Waals surface area (Å²) < 4.78 is 5.67. The zero-order valence-corrected chi connectivity index (χ0v) is 21.1. The molecule has 0 aliphatic rings. The van der Waals surface area contributed by atoms with Crippen molar-refractivity contribution in [2.24, 2.45) is 5.92 Å². The van der Waals surface area contributed by atoms with Gasteiger partial charge in [-0.15, -0.1) is 11.3 Å². The molecule has 3 rings (SSSR count). The molecule has 6 heteroatoms. The molecule has 1 aromatic heterocycles. The SMILES string of the molecule is Cc1ccc(CN(Cc2ccccc2)C(=O)CN(CC(C)C)C(=O)COCc2ccccc2)s1. The van der Waals surface area contributed by atoms with E-state index in [4.69, 9.17) is 4.74 Å². The summed E-state index contributed by atoms with van der Waals surface area (Å²) in [5, 5.41) is 0. The number of carbonyl (C=O) groups excluding carboxylic acids is 2. The second-order valence-electron chi connectivity index (χ2n) is 8.89. The van der Waals surface area contributed by atoms with Crippen LogP contribution in [0.4, 0.5) is 0 Å². The number of carbonyl (C=O) groups is 2. The summed E-state index contributed by atoms with van der Waals surface area (Å²) >= 11 is 1.69. The maximum atomic E-state index is 13.4. The van der Waals surface area contributed by atoms with Crippen molar-refractivity contribution in [3.63, 3.8) is 0 Å². The van der Waals surface area contributed by atoms with Gasteiger partial charge in [-0.3, -0.25) is 9.59 Å². The highest BCUT2D eigenvalue weighted by molar-refractivity contribution is 7.11. The summed E-state index contributed by atoms with van der Waals surface area (Å²) in [5.74, 6) is 0.0185. The summed E-state index contributed by atoms with van der Waals surface area (Å²) in [4.78, 5) is 32.3. The number of amides is 2. The first-order valence-corrected chi connectivity index (χ1v) is 12.5. The molecule has 5 nitrogen and oxygen atoms in total.